The van der Waals surface area contributed by atoms with Crippen molar-refractivity contribution in [3.63, 3.8) is 0 Å². The van der Waals surface area contributed by atoms with E-state index in [2.05, 4.69) is 24.0 Å². The first kappa shape index (κ1) is 15.0. The molecule has 3 aromatic rings. The van der Waals surface area contributed by atoms with Crippen LogP contribution in [0, 0.1) is 5.92 Å². The molecular formula is C18H18N2OS2. The third kappa shape index (κ3) is 2.95. The Hall–Kier alpha value is -1.59. The van der Waals surface area contributed by atoms with Gasteiger partial charge in [0.15, 0.2) is 0 Å². The van der Waals surface area contributed by atoms with Crippen molar-refractivity contribution < 1.29 is 0 Å². The fraction of sp³-hybridized carbons (Fsp3) is 0.333. The predicted molar refractivity (Wildman–Crippen MR) is 97.4 cm³/mol. The van der Waals surface area contributed by atoms with Crippen LogP contribution in [0.3, 0.4) is 0 Å². The summed E-state index contributed by atoms with van der Waals surface area (Å²) in [4.78, 5) is 23.7. The summed E-state index contributed by atoms with van der Waals surface area (Å²) >= 11 is 3.41. The number of nitrogens with one attached hydrogen (secondary N) is 1. The molecule has 0 saturated heterocycles. The Morgan fingerprint density at radius 1 is 1.35 bits per heavy atom. The number of benzene rings is 1. The topological polar surface area (TPSA) is 45.8 Å². The highest BCUT2D eigenvalue weighted by Crippen LogP contribution is 2.35. The molecule has 0 aliphatic heterocycles. The maximum Gasteiger partial charge on any atom is 0.259 e. The van der Waals surface area contributed by atoms with Gasteiger partial charge in [0.2, 0.25) is 0 Å². The Balaban J connectivity index is 1.66. The zero-order valence-corrected chi connectivity index (χ0v) is 14.6. The van der Waals surface area contributed by atoms with E-state index in [-0.39, 0.29) is 5.56 Å². The van der Waals surface area contributed by atoms with Crippen LogP contribution in [0.25, 0.3) is 10.2 Å². The van der Waals surface area contributed by atoms with E-state index in [0.29, 0.717) is 11.7 Å². The molecule has 0 saturated carbocycles. The predicted octanol–water partition coefficient (Wildman–Crippen LogP) is 4.40. The van der Waals surface area contributed by atoms with Crippen LogP contribution in [0.1, 0.15) is 29.6 Å². The lowest BCUT2D eigenvalue weighted by atomic mass is 9.89. The molecule has 4 rings (SSSR count). The largest absolute Gasteiger partial charge is 0.309 e. The monoisotopic (exact) mass is 342 g/mol. The van der Waals surface area contributed by atoms with Crippen molar-refractivity contribution in [3.05, 3.63) is 57.0 Å². The van der Waals surface area contributed by atoms with Gasteiger partial charge < -0.3 is 4.98 Å². The molecule has 0 radical (unpaired) electrons. The van der Waals surface area contributed by atoms with Gasteiger partial charge in [-0.2, -0.15) is 0 Å². The molecule has 0 amide bonds. The fourth-order valence-electron chi connectivity index (χ4n) is 3.13. The SMILES string of the molecule is C[C@@H]1CCc2c(sc3nc(CSc4ccccc4)[nH]c(=O)c23)C1. The van der Waals surface area contributed by atoms with Crippen molar-refractivity contribution >= 4 is 33.3 Å². The molecule has 0 fully saturated rings. The molecule has 5 heteroatoms. The number of thiophene rings is 1. The summed E-state index contributed by atoms with van der Waals surface area (Å²) in [7, 11) is 0. The van der Waals surface area contributed by atoms with Crippen LogP contribution in [0.5, 0.6) is 0 Å². The van der Waals surface area contributed by atoms with Crippen LogP contribution < -0.4 is 5.56 Å². The van der Waals surface area contributed by atoms with Gasteiger partial charge in [0.05, 0.1) is 11.1 Å². The highest BCUT2D eigenvalue weighted by Gasteiger charge is 2.22. The Bertz CT molecular complexity index is 899. The highest BCUT2D eigenvalue weighted by atomic mass is 32.2. The van der Waals surface area contributed by atoms with Crippen LogP contribution >= 0.6 is 23.1 Å². The molecule has 3 nitrogen and oxygen atoms in total. The molecule has 118 valence electrons. The summed E-state index contributed by atoms with van der Waals surface area (Å²) in [6.45, 7) is 2.28. The average Bonchev–Trinajstić information content (AvgIpc) is 2.91. The zero-order valence-electron chi connectivity index (χ0n) is 13.0. The smallest absolute Gasteiger partial charge is 0.259 e. The highest BCUT2D eigenvalue weighted by molar-refractivity contribution is 7.98. The van der Waals surface area contributed by atoms with Gasteiger partial charge in [0.1, 0.15) is 10.7 Å². The molecule has 2 aromatic heterocycles. The second-order valence-corrected chi connectivity index (χ2v) is 8.28. The van der Waals surface area contributed by atoms with Crippen molar-refractivity contribution in [2.75, 3.05) is 0 Å². The van der Waals surface area contributed by atoms with Crippen molar-refractivity contribution in [2.45, 2.75) is 36.8 Å². The Kier molecular flexibility index (Phi) is 3.99. The van der Waals surface area contributed by atoms with Gasteiger partial charge in [-0.3, -0.25) is 4.79 Å². The molecule has 1 aromatic carbocycles. The Labute approximate surface area is 143 Å². The standard InChI is InChI=1S/C18H18N2OS2/c1-11-7-8-13-14(9-11)23-18-16(13)17(21)19-15(20-18)10-22-12-5-3-2-4-6-12/h2-6,11H,7-10H2,1H3,(H,19,20,21)/t11-/m1/s1. The molecule has 0 bridgehead atoms. The first-order valence-electron chi connectivity index (χ1n) is 7.92. The fourth-order valence-corrected chi connectivity index (χ4v) is 5.32. The summed E-state index contributed by atoms with van der Waals surface area (Å²) < 4.78 is 0. The maximum atomic E-state index is 12.5. The number of rotatable bonds is 3. The van der Waals surface area contributed by atoms with E-state index in [4.69, 9.17) is 4.98 Å². The second-order valence-electron chi connectivity index (χ2n) is 6.15. The molecule has 0 spiro atoms. The first-order chi connectivity index (χ1) is 11.2. The third-order valence-corrected chi connectivity index (χ3v) is 6.50. The molecule has 2 heterocycles. The van der Waals surface area contributed by atoms with Gasteiger partial charge in [-0.15, -0.1) is 23.1 Å². The van der Waals surface area contributed by atoms with Crippen molar-refractivity contribution in [1.82, 2.24) is 9.97 Å². The van der Waals surface area contributed by atoms with E-state index >= 15 is 0 Å². The summed E-state index contributed by atoms with van der Waals surface area (Å²) in [5.74, 6) is 2.17. The lowest BCUT2D eigenvalue weighted by Crippen LogP contribution is -2.14. The Morgan fingerprint density at radius 3 is 3.00 bits per heavy atom. The van der Waals surface area contributed by atoms with E-state index in [0.717, 1.165) is 28.9 Å². The van der Waals surface area contributed by atoms with Gasteiger partial charge in [-0.1, -0.05) is 25.1 Å². The number of nitrogens with zero attached hydrogens (tertiary/aromatic N) is 1. The molecular weight excluding hydrogens is 324 g/mol. The van der Waals surface area contributed by atoms with Crippen molar-refractivity contribution in [2.24, 2.45) is 5.92 Å². The van der Waals surface area contributed by atoms with E-state index in [1.807, 2.05) is 18.2 Å². The molecule has 1 aliphatic carbocycles. The number of aromatic nitrogens is 2. The summed E-state index contributed by atoms with van der Waals surface area (Å²) in [6, 6.07) is 10.2. The van der Waals surface area contributed by atoms with Crippen LogP contribution in [-0.4, -0.2) is 9.97 Å². The molecule has 1 aliphatic rings. The molecule has 23 heavy (non-hydrogen) atoms. The van der Waals surface area contributed by atoms with Gasteiger partial charge in [0, 0.05) is 9.77 Å². The molecule has 0 unspecified atom stereocenters. The van der Waals surface area contributed by atoms with E-state index in [9.17, 15) is 4.79 Å². The lowest BCUT2D eigenvalue weighted by molar-refractivity contribution is 0.509. The van der Waals surface area contributed by atoms with Gasteiger partial charge >= 0.3 is 0 Å². The van der Waals surface area contributed by atoms with Crippen LogP contribution in [0.2, 0.25) is 0 Å². The second kappa shape index (κ2) is 6.13. The van der Waals surface area contributed by atoms with Gasteiger partial charge in [0.25, 0.3) is 5.56 Å². The summed E-state index contributed by atoms with van der Waals surface area (Å²) in [5.41, 5.74) is 1.28. The zero-order chi connectivity index (χ0) is 15.8. The van der Waals surface area contributed by atoms with E-state index < -0.39 is 0 Å². The van der Waals surface area contributed by atoms with Crippen LogP contribution in [0.4, 0.5) is 0 Å². The lowest BCUT2D eigenvalue weighted by Gasteiger charge is -2.17. The van der Waals surface area contributed by atoms with Crippen LogP contribution in [-0.2, 0) is 18.6 Å². The molecule has 1 N–H and O–H groups in total. The summed E-state index contributed by atoms with van der Waals surface area (Å²) in [5, 5.41) is 0.838. The summed E-state index contributed by atoms with van der Waals surface area (Å²) in [6.07, 6.45) is 3.27. The number of H-pyrrole nitrogens is 1. The molecule has 1 atom stereocenters. The number of aromatic amines is 1. The van der Waals surface area contributed by atoms with Gasteiger partial charge in [-0.25, -0.2) is 4.98 Å². The minimum absolute atomic E-state index is 0.0331. The number of thioether (sulfide) groups is 1. The quantitative estimate of drug-likeness (QED) is 0.718. The number of hydrogen-bond donors (Lipinski definition) is 1. The van der Waals surface area contributed by atoms with Crippen LogP contribution in [0.15, 0.2) is 40.0 Å². The third-order valence-electron chi connectivity index (χ3n) is 4.33. The number of fused-ring (bicyclic) bond motifs is 3. The Morgan fingerprint density at radius 2 is 2.17 bits per heavy atom. The maximum absolute atomic E-state index is 12.5. The average molecular weight is 342 g/mol. The van der Waals surface area contributed by atoms with E-state index in [1.165, 1.54) is 21.8 Å². The normalized spacial score (nSPS) is 17.3. The van der Waals surface area contributed by atoms with Crippen molar-refractivity contribution in [1.29, 1.82) is 0 Å². The van der Waals surface area contributed by atoms with Crippen molar-refractivity contribution in [3.8, 4) is 0 Å². The number of hydrogen-bond acceptors (Lipinski definition) is 4. The van der Waals surface area contributed by atoms with E-state index in [1.54, 1.807) is 23.1 Å². The van der Waals surface area contributed by atoms with Gasteiger partial charge in [-0.05, 0) is 42.9 Å². The minimum Gasteiger partial charge on any atom is -0.309 e. The first-order valence-corrected chi connectivity index (χ1v) is 9.72. The number of aryl methyl sites for hydroxylation is 1. The minimum atomic E-state index is 0.0331.